The van der Waals surface area contributed by atoms with E-state index in [1.54, 1.807) is 25.3 Å². The Morgan fingerprint density at radius 2 is 2.10 bits per heavy atom. The highest BCUT2D eigenvalue weighted by Crippen LogP contribution is 2.41. The Hall–Kier alpha value is -3.12. The van der Waals surface area contributed by atoms with Crippen molar-refractivity contribution in [2.24, 2.45) is 0 Å². The van der Waals surface area contributed by atoms with Gasteiger partial charge in [0.25, 0.3) is 0 Å². The summed E-state index contributed by atoms with van der Waals surface area (Å²) in [5.74, 6) is 1.78. The molecule has 5 nitrogen and oxygen atoms in total. The summed E-state index contributed by atoms with van der Waals surface area (Å²) in [5.41, 5.74) is 5.37. The fourth-order valence-corrected chi connectivity index (χ4v) is 4.98. The van der Waals surface area contributed by atoms with Gasteiger partial charge in [-0.3, -0.25) is 0 Å². The number of thiophene rings is 1. The second-order valence-corrected chi connectivity index (χ2v) is 8.34. The van der Waals surface area contributed by atoms with Crippen LogP contribution in [0.5, 0.6) is 5.75 Å². The summed E-state index contributed by atoms with van der Waals surface area (Å²) in [6, 6.07) is 9.22. The predicted octanol–water partition coefficient (Wildman–Crippen LogP) is 5.46. The second-order valence-electron chi connectivity index (χ2n) is 7.20. The summed E-state index contributed by atoms with van der Waals surface area (Å²) in [5, 5.41) is 12.9. The van der Waals surface area contributed by atoms with Crippen molar-refractivity contribution >= 4 is 28.5 Å². The first-order valence-corrected chi connectivity index (χ1v) is 10.5. The molecule has 2 aliphatic carbocycles. The van der Waals surface area contributed by atoms with Crippen LogP contribution in [0.4, 0.5) is 11.6 Å². The van der Waals surface area contributed by atoms with E-state index in [1.807, 2.05) is 23.6 Å². The molecule has 0 fully saturated rings. The van der Waals surface area contributed by atoms with Crippen molar-refractivity contribution in [2.75, 3.05) is 12.4 Å². The number of benzene rings is 1. The van der Waals surface area contributed by atoms with Crippen molar-refractivity contribution in [1.82, 2.24) is 9.97 Å². The van der Waals surface area contributed by atoms with E-state index in [0.717, 1.165) is 42.8 Å². The third-order valence-corrected chi connectivity index (χ3v) is 6.51. The maximum Gasteiger partial charge on any atom is 0.227 e. The first kappa shape index (κ1) is 17.9. The molecule has 0 radical (unpaired) electrons. The van der Waals surface area contributed by atoms with Crippen LogP contribution in [0.1, 0.15) is 28.2 Å². The van der Waals surface area contributed by atoms with Crippen molar-refractivity contribution in [1.29, 1.82) is 0 Å². The summed E-state index contributed by atoms with van der Waals surface area (Å²) in [7, 11) is 1.74. The molecule has 6 heteroatoms. The number of hydrogen-bond acceptors (Lipinski definition) is 6. The van der Waals surface area contributed by atoms with Crippen LogP contribution in [-0.4, -0.2) is 22.2 Å². The van der Waals surface area contributed by atoms with Crippen LogP contribution in [0.25, 0.3) is 16.8 Å². The minimum absolute atomic E-state index is 0.210. The summed E-state index contributed by atoms with van der Waals surface area (Å²) in [4.78, 5) is 11.9. The van der Waals surface area contributed by atoms with Gasteiger partial charge in [0.15, 0.2) is 0 Å². The summed E-state index contributed by atoms with van der Waals surface area (Å²) in [6.07, 6.45) is 10.3. The average Bonchev–Trinajstić information content (AvgIpc) is 3.19. The highest BCUT2D eigenvalue weighted by Gasteiger charge is 2.23. The summed E-state index contributed by atoms with van der Waals surface area (Å²) < 4.78 is 5.46. The summed E-state index contributed by atoms with van der Waals surface area (Å²) >= 11 is 1.85. The van der Waals surface area contributed by atoms with Crippen LogP contribution in [0, 0.1) is 0 Å². The molecule has 29 heavy (non-hydrogen) atoms. The minimum atomic E-state index is 0.210. The smallest absolute Gasteiger partial charge is 0.227 e. The first-order valence-electron chi connectivity index (χ1n) is 9.70. The highest BCUT2D eigenvalue weighted by atomic mass is 32.1. The zero-order valence-electron chi connectivity index (χ0n) is 16.1. The van der Waals surface area contributed by atoms with Crippen LogP contribution in [0.2, 0.25) is 0 Å². The molecule has 0 unspecified atom stereocenters. The lowest BCUT2D eigenvalue weighted by Crippen LogP contribution is -2.06. The van der Waals surface area contributed by atoms with Gasteiger partial charge in [0.2, 0.25) is 5.95 Å². The van der Waals surface area contributed by atoms with E-state index in [2.05, 4.69) is 28.5 Å². The number of hydrogen-bond donors (Lipinski definition) is 2. The fourth-order valence-electron chi connectivity index (χ4n) is 3.81. The Morgan fingerprint density at radius 3 is 2.97 bits per heavy atom. The lowest BCUT2D eigenvalue weighted by Gasteiger charge is -2.16. The Kier molecular flexibility index (Phi) is 4.56. The molecule has 0 saturated heterocycles. The molecule has 5 rings (SSSR count). The standard InChI is InChI=1S/C23H21N3O2S/c1-28-18-7-2-4-14(10-18)21-12-19-20(29-21)9-8-15-13-24-23(26-22(15)19)25-16-5-3-6-17(27)11-16/h3-6,10-13,27H,2,7-9H2,1H3,(H,24,25,26). The number of ether oxygens (including phenoxy) is 1. The predicted molar refractivity (Wildman–Crippen MR) is 116 cm³/mol. The molecular weight excluding hydrogens is 382 g/mol. The van der Waals surface area contributed by atoms with Gasteiger partial charge in [0.05, 0.1) is 18.6 Å². The molecule has 0 saturated carbocycles. The molecule has 2 heterocycles. The van der Waals surface area contributed by atoms with Crippen LogP contribution in [0.3, 0.4) is 0 Å². The van der Waals surface area contributed by atoms with E-state index in [0.29, 0.717) is 5.95 Å². The number of nitrogens with zero attached hydrogens (tertiary/aromatic N) is 2. The number of fused-ring (bicyclic) bond motifs is 3. The lowest BCUT2D eigenvalue weighted by atomic mass is 9.95. The number of aromatic nitrogens is 2. The highest BCUT2D eigenvalue weighted by molar-refractivity contribution is 7.13. The Labute approximate surface area is 173 Å². The van der Waals surface area contributed by atoms with Gasteiger partial charge in [-0.05, 0) is 54.7 Å². The number of phenolic OH excluding ortho intramolecular Hbond substituents is 1. The molecule has 0 bridgehead atoms. The zero-order chi connectivity index (χ0) is 19.8. The van der Waals surface area contributed by atoms with Crippen LogP contribution in [-0.2, 0) is 17.6 Å². The van der Waals surface area contributed by atoms with E-state index >= 15 is 0 Å². The van der Waals surface area contributed by atoms with E-state index in [4.69, 9.17) is 9.72 Å². The molecule has 1 aromatic carbocycles. The first-order chi connectivity index (χ1) is 14.2. The number of aromatic hydroxyl groups is 1. The van der Waals surface area contributed by atoms with E-state index in [-0.39, 0.29) is 5.75 Å². The van der Waals surface area contributed by atoms with Gasteiger partial charge in [0.1, 0.15) is 5.75 Å². The van der Waals surface area contributed by atoms with E-state index in [9.17, 15) is 5.11 Å². The van der Waals surface area contributed by atoms with Crippen molar-refractivity contribution in [2.45, 2.75) is 25.7 Å². The number of aryl methyl sites for hydroxylation is 2. The Bertz CT molecular complexity index is 1150. The van der Waals surface area contributed by atoms with Gasteiger partial charge in [-0.15, -0.1) is 11.3 Å². The quantitative estimate of drug-likeness (QED) is 0.605. The molecule has 3 aromatic rings. The monoisotopic (exact) mass is 403 g/mol. The average molecular weight is 404 g/mol. The molecular formula is C23H21N3O2S. The number of methoxy groups -OCH3 is 1. The molecule has 0 aliphatic heterocycles. The van der Waals surface area contributed by atoms with Crippen LogP contribution < -0.4 is 5.32 Å². The van der Waals surface area contributed by atoms with Gasteiger partial charge in [-0.25, -0.2) is 9.97 Å². The number of phenols is 1. The van der Waals surface area contributed by atoms with Gasteiger partial charge in [0, 0.05) is 39.7 Å². The maximum absolute atomic E-state index is 9.68. The summed E-state index contributed by atoms with van der Waals surface area (Å²) in [6.45, 7) is 0. The molecule has 2 aliphatic rings. The van der Waals surface area contributed by atoms with E-state index in [1.165, 1.54) is 26.5 Å². The molecule has 2 N–H and O–H groups in total. The molecule has 2 aromatic heterocycles. The molecule has 0 spiro atoms. The largest absolute Gasteiger partial charge is 0.508 e. The lowest BCUT2D eigenvalue weighted by molar-refractivity contribution is 0.277. The van der Waals surface area contributed by atoms with Crippen molar-refractivity contribution in [3.05, 3.63) is 69.8 Å². The zero-order valence-corrected chi connectivity index (χ0v) is 16.9. The number of rotatable bonds is 4. The van der Waals surface area contributed by atoms with Crippen molar-refractivity contribution < 1.29 is 9.84 Å². The molecule has 0 amide bonds. The Morgan fingerprint density at radius 1 is 1.17 bits per heavy atom. The van der Waals surface area contributed by atoms with Gasteiger partial charge >= 0.3 is 0 Å². The fraction of sp³-hybridized carbons (Fsp3) is 0.217. The topological polar surface area (TPSA) is 67.3 Å². The molecule has 146 valence electrons. The van der Waals surface area contributed by atoms with E-state index < -0.39 is 0 Å². The minimum Gasteiger partial charge on any atom is -0.508 e. The normalized spacial score (nSPS) is 15.1. The van der Waals surface area contributed by atoms with Crippen molar-refractivity contribution in [3.8, 4) is 17.0 Å². The van der Waals surface area contributed by atoms with Crippen LogP contribution in [0.15, 0.2) is 54.4 Å². The van der Waals surface area contributed by atoms with Gasteiger partial charge in [-0.2, -0.15) is 0 Å². The van der Waals surface area contributed by atoms with Crippen molar-refractivity contribution in [3.63, 3.8) is 0 Å². The SMILES string of the molecule is COC1=CC(c2cc3c(s2)CCc2cnc(Nc4cccc(O)c4)nc2-3)=CCC1. The number of anilines is 2. The third-order valence-electron chi connectivity index (χ3n) is 5.27. The third kappa shape index (κ3) is 3.51. The van der Waals surface area contributed by atoms with Gasteiger partial charge in [-0.1, -0.05) is 12.1 Å². The maximum atomic E-state index is 9.68. The number of allylic oxidation sites excluding steroid dienone is 4. The second kappa shape index (κ2) is 7.37. The Balaban J connectivity index is 1.49. The van der Waals surface area contributed by atoms with Crippen LogP contribution >= 0.6 is 11.3 Å². The van der Waals surface area contributed by atoms with Gasteiger partial charge < -0.3 is 15.2 Å². The number of nitrogens with one attached hydrogen (secondary N) is 1. The molecule has 0 atom stereocenters.